The number of hydrogen-bond acceptors (Lipinski definition) is 0. The molecule has 8 aromatic carbocycles. The molecule has 0 aromatic heterocycles. The quantitative estimate of drug-likeness (QED) is 0.0527. The van der Waals surface area contributed by atoms with Crippen molar-refractivity contribution in [2.24, 2.45) is 0 Å². The Morgan fingerprint density at radius 1 is 0.279 bits per heavy atom. The SMILES string of the molecule is CCCP(CCC)c1cc2ccccc2[cH-]1.CCCP(CCC)c1cc2ccccc2[cH-]1.CCCP(CCC)c1cc2ccccc2[cH-]1.CCCP(CCC)c1cc2ccccc2[cH-]1.[Cl-].[Cl-].[Zr+2].[Zr+2]. The van der Waals surface area contributed by atoms with Gasteiger partial charge in [0, 0.05) is 0 Å². The number of benzene rings is 4. The Hall–Kier alpha value is -0.614. The summed E-state index contributed by atoms with van der Waals surface area (Å²) < 4.78 is 0. The first kappa shape index (κ1) is 65.4. The topological polar surface area (TPSA) is 0 Å². The van der Waals surface area contributed by atoms with Crippen LogP contribution in [-0.4, -0.2) is 49.3 Å². The van der Waals surface area contributed by atoms with Gasteiger partial charge in [0.1, 0.15) is 0 Å². The average Bonchev–Trinajstić information content (AvgIpc) is 4.14. The molecular weight excluding hydrogens is 1100 g/mol. The Morgan fingerprint density at radius 3 is 0.588 bits per heavy atom. The maximum absolute atomic E-state index is 2.41. The van der Waals surface area contributed by atoms with Crippen molar-refractivity contribution in [2.75, 3.05) is 49.3 Å². The zero-order valence-electron chi connectivity index (χ0n) is 42.7. The largest absolute Gasteiger partial charge is 2.00 e. The molecule has 0 bridgehead atoms. The van der Waals surface area contributed by atoms with Gasteiger partial charge in [0.25, 0.3) is 0 Å². The molecule has 0 fully saturated rings. The van der Waals surface area contributed by atoms with Gasteiger partial charge < -0.3 is 24.8 Å². The second kappa shape index (κ2) is 37.2. The maximum atomic E-state index is 2.41. The van der Waals surface area contributed by atoms with Crippen LogP contribution in [0.5, 0.6) is 0 Å². The predicted octanol–water partition coefficient (Wildman–Crippen LogP) is 11.9. The van der Waals surface area contributed by atoms with Crippen molar-refractivity contribution >= 4 is 96.0 Å². The van der Waals surface area contributed by atoms with E-state index in [2.05, 4.69) is 201 Å². The summed E-state index contributed by atoms with van der Waals surface area (Å²) in [6, 6.07) is 54.1. The third kappa shape index (κ3) is 20.4. The molecule has 0 aliphatic rings. The number of fused-ring (bicyclic) bond motifs is 4. The smallest absolute Gasteiger partial charge is 1.00 e. The van der Waals surface area contributed by atoms with E-state index in [1.807, 2.05) is 0 Å². The number of halogens is 2. The normalized spacial score (nSPS) is 10.8. The first-order valence-corrected chi connectivity index (χ1v) is 31.9. The Kier molecular flexibility index (Phi) is 35.7. The van der Waals surface area contributed by atoms with E-state index >= 15 is 0 Å². The molecule has 0 heterocycles. The standard InChI is InChI=1S/4C15H20P.2ClH.2Zr/c4*1-3-9-16(10-4-2)15-11-13-7-5-6-8-14(13)12-15;;;;/h4*5-8,11-12H,3-4,9-10H2,1-2H3;2*1H;;/q4*-1;;;2*+2/p-2. The molecule has 0 aliphatic heterocycles. The molecule has 8 rings (SSSR count). The summed E-state index contributed by atoms with van der Waals surface area (Å²) in [6.07, 6.45) is 21.6. The van der Waals surface area contributed by atoms with Gasteiger partial charge in [-0.3, -0.25) is 0 Å². The summed E-state index contributed by atoms with van der Waals surface area (Å²) in [4.78, 5) is 0. The summed E-state index contributed by atoms with van der Waals surface area (Å²) in [5, 5.41) is 17.8. The average molecular weight is 1180 g/mol. The minimum atomic E-state index is 0. The summed E-state index contributed by atoms with van der Waals surface area (Å²) in [5.41, 5.74) is 0. The number of rotatable bonds is 20. The van der Waals surface area contributed by atoms with Gasteiger partial charge in [-0.25, -0.2) is 0 Å². The monoisotopic (exact) mass is 1170 g/mol. The van der Waals surface area contributed by atoms with Crippen LogP contribution < -0.4 is 46.0 Å². The molecule has 8 aromatic rings. The molecule has 0 nitrogen and oxygen atoms in total. The van der Waals surface area contributed by atoms with Crippen LogP contribution in [0.15, 0.2) is 146 Å². The van der Waals surface area contributed by atoms with Crippen LogP contribution in [0.2, 0.25) is 0 Å². The van der Waals surface area contributed by atoms with E-state index in [1.54, 1.807) is 21.2 Å². The van der Waals surface area contributed by atoms with E-state index in [-0.39, 0.29) is 109 Å². The van der Waals surface area contributed by atoms with Crippen LogP contribution in [0, 0.1) is 0 Å². The van der Waals surface area contributed by atoms with E-state index in [9.17, 15) is 0 Å². The van der Waals surface area contributed by atoms with Crippen molar-refractivity contribution in [3.05, 3.63) is 146 Å². The van der Waals surface area contributed by atoms with Crippen molar-refractivity contribution in [2.45, 2.75) is 107 Å². The Labute approximate surface area is 470 Å². The molecule has 0 saturated carbocycles. The first-order valence-electron chi connectivity index (χ1n) is 25.0. The van der Waals surface area contributed by atoms with Gasteiger partial charge in [-0.1, -0.05) is 163 Å². The van der Waals surface area contributed by atoms with Crippen molar-refractivity contribution in [3.8, 4) is 0 Å². The van der Waals surface area contributed by atoms with E-state index in [0.29, 0.717) is 0 Å². The molecule has 0 atom stereocenters. The fourth-order valence-corrected chi connectivity index (χ4v) is 18.8. The first-order chi connectivity index (χ1) is 31.4. The molecule has 68 heavy (non-hydrogen) atoms. The summed E-state index contributed by atoms with van der Waals surface area (Å²) >= 11 is 0. The van der Waals surface area contributed by atoms with E-state index in [4.69, 9.17) is 0 Å². The van der Waals surface area contributed by atoms with Crippen LogP contribution in [0.3, 0.4) is 0 Å². The zero-order valence-corrected chi connectivity index (χ0v) is 52.7. The van der Waals surface area contributed by atoms with Gasteiger partial charge >= 0.3 is 52.4 Å². The fraction of sp³-hybridized carbons (Fsp3) is 0.400. The third-order valence-electron chi connectivity index (χ3n) is 11.8. The predicted molar refractivity (Wildman–Crippen MR) is 306 cm³/mol. The molecule has 8 heteroatoms. The summed E-state index contributed by atoms with van der Waals surface area (Å²) in [7, 11) is 0.389. The molecule has 0 amide bonds. The van der Waals surface area contributed by atoms with E-state index in [1.165, 1.54) is 144 Å². The molecule has 0 saturated heterocycles. The maximum Gasteiger partial charge on any atom is 2.00 e. The second-order valence-corrected chi connectivity index (χ2v) is 27.3. The molecule has 0 unspecified atom stereocenters. The van der Waals surface area contributed by atoms with Gasteiger partial charge in [0.15, 0.2) is 0 Å². The van der Waals surface area contributed by atoms with Gasteiger partial charge in [0.05, 0.1) is 0 Å². The minimum absolute atomic E-state index is 0. The van der Waals surface area contributed by atoms with Crippen LogP contribution in [0.1, 0.15) is 107 Å². The van der Waals surface area contributed by atoms with Gasteiger partial charge in [-0.2, -0.15) is 24.3 Å². The van der Waals surface area contributed by atoms with E-state index in [0.717, 1.165) is 0 Å². The molecular formula is C60H80Cl2P4Zr2-2. The Balaban J connectivity index is 0.000000445. The number of hydrogen-bond donors (Lipinski definition) is 0. The van der Waals surface area contributed by atoms with Crippen LogP contribution >= 0.6 is 31.7 Å². The van der Waals surface area contributed by atoms with Crippen molar-refractivity contribution < 1.29 is 77.2 Å². The molecule has 0 N–H and O–H groups in total. The molecule has 0 spiro atoms. The Bertz CT molecular complexity index is 1980. The summed E-state index contributed by atoms with van der Waals surface area (Å²) in [6.45, 7) is 18.4. The molecule has 364 valence electrons. The molecule has 0 radical (unpaired) electrons. The van der Waals surface area contributed by atoms with Gasteiger partial charge in [0.2, 0.25) is 0 Å². The second-order valence-electron chi connectivity index (χ2n) is 17.3. The van der Waals surface area contributed by atoms with E-state index < -0.39 is 0 Å². The summed E-state index contributed by atoms with van der Waals surface area (Å²) in [5.74, 6) is 0. The van der Waals surface area contributed by atoms with Crippen LogP contribution in [-0.2, 0) is 52.4 Å². The van der Waals surface area contributed by atoms with Gasteiger partial charge in [-0.05, 0) is 49.3 Å². The zero-order chi connectivity index (χ0) is 45.5. The fourth-order valence-electron chi connectivity index (χ4n) is 8.91. The van der Waals surface area contributed by atoms with Gasteiger partial charge in [-0.15, -0.1) is 161 Å². The Morgan fingerprint density at radius 2 is 0.441 bits per heavy atom. The minimum Gasteiger partial charge on any atom is -1.00 e. The van der Waals surface area contributed by atoms with Crippen molar-refractivity contribution in [1.29, 1.82) is 0 Å². The molecule has 0 aliphatic carbocycles. The van der Waals surface area contributed by atoms with Crippen LogP contribution in [0.4, 0.5) is 0 Å². The third-order valence-corrected chi connectivity index (χ3v) is 23.7. The van der Waals surface area contributed by atoms with Crippen LogP contribution in [0.25, 0.3) is 43.1 Å². The van der Waals surface area contributed by atoms with Crippen molar-refractivity contribution in [3.63, 3.8) is 0 Å². The van der Waals surface area contributed by atoms with Crippen molar-refractivity contribution in [1.82, 2.24) is 0 Å².